The first kappa shape index (κ1) is 24.6. The second-order valence-corrected chi connectivity index (χ2v) is 10.0. The van der Waals surface area contributed by atoms with E-state index in [9.17, 15) is 17.6 Å². The quantitative estimate of drug-likeness (QED) is 0.467. The van der Waals surface area contributed by atoms with Crippen LogP contribution >= 0.6 is 0 Å². The molecule has 1 amide bonds. The summed E-state index contributed by atoms with van der Waals surface area (Å²) >= 11 is 0. The lowest BCUT2D eigenvalue weighted by atomic mass is 10.2. The number of benzene rings is 2. The molecule has 0 N–H and O–H groups in total. The largest absolute Gasteiger partial charge is 0.489 e. The van der Waals surface area contributed by atoms with Gasteiger partial charge in [0, 0.05) is 50.2 Å². The van der Waals surface area contributed by atoms with Crippen LogP contribution in [0.1, 0.15) is 17.5 Å². The van der Waals surface area contributed by atoms with Crippen LogP contribution in [0, 0.1) is 5.82 Å². The van der Waals surface area contributed by atoms with Gasteiger partial charge >= 0.3 is 0 Å². The molecule has 2 aromatic carbocycles. The van der Waals surface area contributed by atoms with E-state index in [0.29, 0.717) is 31.9 Å². The van der Waals surface area contributed by atoms with Crippen molar-refractivity contribution < 1.29 is 22.3 Å². The topological polar surface area (TPSA) is 79.8 Å². The summed E-state index contributed by atoms with van der Waals surface area (Å²) in [4.78, 5) is 18.5. The molecule has 0 aliphatic carbocycles. The van der Waals surface area contributed by atoms with E-state index in [1.54, 1.807) is 23.4 Å². The summed E-state index contributed by atoms with van der Waals surface area (Å²) in [5.41, 5.74) is 1.82. The molecule has 0 atom stereocenters. The van der Waals surface area contributed by atoms with Crippen molar-refractivity contribution in [3.63, 3.8) is 0 Å². The molecule has 0 unspecified atom stereocenters. The van der Waals surface area contributed by atoms with E-state index < -0.39 is 15.8 Å². The van der Waals surface area contributed by atoms with Gasteiger partial charge < -0.3 is 9.64 Å². The summed E-state index contributed by atoms with van der Waals surface area (Å²) in [5.74, 6) is 0.0468. The molecule has 0 saturated carbocycles. The number of halogens is 1. The summed E-state index contributed by atoms with van der Waals surface area (Å²) in [6.07, 6.45) is 7.20. The molecule has 4 rings (SSSR count). The zero-order valence-corrected chi connectivity index (χ0v) is 19.9. The molecule has 0 radical (unpaired) electrons. The fourth-order valence-electron chi connectivity index (χ4n) is 3.71. The van der Waals surface area contributed by atoms with Crippen molar-refractivity contribution in [3.8, 4) is 5.75 Å². The van der Waals surface area contributed by atoms with Crippen molar-refractivity contribution in [1.82, 2.24) is 14.2 Å². The Balaban J connectivity index is 1.31. The standard InChI is InChI=1S/C26H26FN3O4S/c27-23-7-11-25(12-8-23)35(32,33)30-16-2-15-29(17-18-30)26(31)13-6-21-4-9-24(10-5-21)34-20-22-3-1-14-28-19-22/h1,3-14,19H,2,15-18,20H2/b13-6+. The lowest BCUT2D eigenvalue weighted by molar-refractivity contribution is -0.125. The van der Waals surface area contributed by atoms with Gasteiger partial charge in [-0.25, -0.2) is 12.8 Å². The smallest absolute Gasteiger partial charge is 0.246 e. The first-order valence-corrected chi connectivity index (χ1v) is 12.7. The van der Waals surface area contributed by atoms with Crippen LogP contribution in [0.2, 0.25) is 0 Å². The fraction of sp³-hybridized carbons (Fsp3) is 0.231. The molecule has 1 aliphatic rings. The average molecular weight is 496 g/mol. The van der Waals surface area contributed by atoms with E-state index in [-0.39, 0.29) is 23.9 Å². The van der Waals surface area contributed by atoms with Gasteiger partial charge in [0.1, 0.15) is 18.2 Å². The maximum Gasteiger partial charge on any atom is 0.246 e. The Bertz CT molecular complexity index is 1260. The Hall–Kier alpha value is -3.56. The third-order valence-corrected chi connectivity index (χ3v) is 7.56. The number of carbonyl (C=O) groups excluding carboxylic acids is 1. The first-order valence-electron chi connectivity index (χ1n) is 11.3. The van der Waals surface area contributed by atoms with Gasteiger partial charge in [-0.1, -0.05) is 18.2 Å². The van der Waals surface area contributed by atoms with Gasteiger partial charge in [-0.15, -0.1) is 0 Å². The molecule has 1 aromatic heterocycles. The number of pyridine rings is 1. The van der Waals surface area contributed by atoms with Crippen LogP contribution in [-0.2, 0) is 21.4 Å². The van der Waals surface area contributed by atoms with Gasteiger partial charge in [-0.2, -0.15) is 4.31 Å². The Kier molecular flexibility index (Phi) is 7.89. The second-order valence-electron chi connectivity index (χ2n) is 8.09. The van der Waals surface area contributed by atoms with Crippen LogP contribution < -0.4 is 4.74 Å². The van der Waals surface area contributed by atoms with E-state index in [2.05, 4.69) is 4.98 Å². The SMILES string of the molecule is O=C(/C=C/c1ccc(OCc2cccnc2)cc1)N1CCCN(S(=O)(=O)c2ccc(F)cc2)CC1. The van der Waals surface area contributed by atoms with E-state index in [1.165, 1.54) is 22.5 Å². The molecular formula is C26H26FN3O4S. The highest BCUT2D eigenvalue weighted by atomic mass is 32.2. The molecular weight excluding hydrogens is 469 g/mol. The Morgan fingerprint density at radius 1 is 1.00 bits per heavy atom. The summed E-state index contributed by atoms with van der Waals surface area (Å²) < 4.78 is 46.0. The van der Waals surface area contributed by atoms with Gasteiger partial charge in [0.05, 0.1) is 4.90 Å². The van der Waals surface area contributed by atoms with Gasteiger partial charge in [-0.3, -0.25) is 9.78 Å². The molecule has 182 valence electrons. The summed E-state index contributed by atoms with van der Waals surface area (Å²) in [6, 6.07) is 16.0. The highest BCUT2D eigenvalue weighted by molar-refractivity contribution is 7.89. The fourth-order valence-corrected chi connectivity index (χ4v) is 5.18. The summed E-state index contributed by atoms with van der Waals surface area (Å²) in [5, 5.41) is 0. The molecule has 7 nitrogen and oxygen atoms in total. The van der Waals surface area contributed by atoms with Crippen molar-refractivity contribution >= 4 is 22.0 Å². The van der Waals surface area contributed by atoms with Crippen LogP contribution in [0.5, 0.6) is 5.75 Å². The third-order valence-electron chi connectivity index (χ3n) is 5.64. The van der Waals surface area contributed by atoms with Crippen LogP contribution in [0.3, 0.4) is 0 Å². The Morgan fingerprint density at radius 2 is 1.77 bits per heavy atom. The van der Waals surface area contributed by atoms with Crippen LogP contribution in [0.25, 0.3) is 6.08 Å². The zero-order chi connectivity index (χ0) is 24.7. The molecule has 1 fully saturated rings. The number of carbonyl (C=O) groups is 1. The van der Waals surface area contributed by atoms with Crippen molar-refractivity contribution in [3.05, 3.63) is 96.1 Å². The molecule has 1 saturated heterocycles. The van der Waals surface area contributed by atoms with Crippen molar-refractivity contribution in [2.24, 2.45) is 0 Å². The van der Waals surface area contributed by atoms with Gasteiger partial charge in [0.25, 0.3) is 0 Å². The number of hydrogen-bond donors (Lipinski definition) is 0. The minimum Gasteiger partial charge on any atom is -0.489 e. The molecule has 0 bridgehead atoms. The lowest BCUT2D eigenvalue weighted by Crippen LogP contribution is -2.36. The number of nitrogens with zero attached hydrogens (tertiary/aromatic N) is 3. The molecule has 3 aromatic rings. The highest BCUT2D eigenvalue weighted by Crippen LogP contribution is 2.19. The maximum atomic E-state index is 13.2. The van der Waals surface area contributed by atoms with Crippen molar-refractivity contribution in [2.75, 3.05) is 26.2 Å². The van der Waals surface area contributed by atoms with E-state index in [1.807, 2.05) is 36.4 Å². The first-order chi connectivity index (χ1) is 16.9. The van der Waals surface area contributed by atoms with E-state index >= 15 is 0 Å². The van der Waals surface area contributed by atoms with Crippen molar-refractivity contribution in [2.45, 2.75) is 17.9 Å². The normalized spacial score (nSPS) is 15.2. The number of ether oxygens (including phenoxy) is 1. The van der Waals surface area contributed by atoms with Gasteiger partial charge in [0.15, 0.2) is 0 Å². The zero-order valence-electron chi connectivity index (χ0n) is 19.1. The Morgan fingerprint density at radius 3 is 2.49 bits per heavy atom. The maximum absolute atomic E-state index is 13.2. The van der Waals surface area contributed by atoms with Gasteiger partial charge in [-0.05, 0) is 60.5 Å². The predicted molar refractivity (Wildman–Crippen MR) is 130 cm³/mol. The molecule has 0 spiro atoms. The second kappa shape index (κ2) is 11.2. The van der Waals surface area contributed by atoms with Crippen LogP contribution in [0.15, 0.2) is 84.0 Å². The average Bonchev–Trinajstić information content (AvgIpc) is 3.15. The van der Waals surface area contributed by atoms with Gasteiger partial charge in [0.2, 0.25) is 15.9 Å². The van der Waals surface area contributed by atoms with Crippen LogP contribution in [-0.4, -0.2) is 54.7 Å². The van der Waals surface area contributed by atoms with Crippen LogP contribution in [0.4, 0.5) is 4.39 Å². The monoisotopic (exact) mass is 495 g/mol. The highest BCUT2D eigenvalue weighted by Gasteiger charge is 2.27. The number of sulfonamides is 1. The van der Waals surface area contributed by atoms with Crippen molar-refractivity contribution in [1.29, 1.82) is 0 Å². The minimum atomic E-state index is -3.74. The number of amides is 1. The predicted octanol–water partition coefficient (Wildman–Crippen LogP) is 3.74. The number of aromatic nitrogens is 1. The minimum absolute atomic E-state index is 0.0476. The summed E-state index contributed by atoms with van der Waals surface area (Å²) in [7, 11) is -3.74. The van der Waals surface area contributed by atoms with E-state index in [0.717, 1.165) is 23.3 Å². The Labute approximate surface area is 204 Å². The molecule has 1 aliphatic heterocycles. The lowest BCUT2D eigenvalue weighted by Gasteiger charge is -2.21. The summed E-state index contributed by atoms with van der Waals surface area (Å²) in [6.45, 7) is 1.64. The molecule has 9 heteroatoms. The number of rotatable bonds is 7. The third kappa shape index (κ3) is 6.52. The van der Waals surface area contributed by atoms with E-state index in [4.69, 9.17) is 4.74 Å². The number of hydrogen-bond acceptors (Lipinski definition) is 5. The molecule has 35 heavy (non-hydrogen) atoms. The molecule has 2 heterocycles.